The van der Waals surface area contributed by atoms with E-state index in [0.29, 0.717) is 6.42 Å². The Morgan fingerprint density at radius 3 is 2.55 bits per heavy atom. The molecule has 1 aromatic rings. The lowest BCUT2D eigenvalue weighted by atomic mass is 10.1. The van der Waals surface area contributed by atoms with Crippen LogP contribution in [0.2, 0.25) is 0 Å². The highest BCUT2D eigenvalue weighted by molar-refractivity contribution is 5.81. The Balaban J connectivity index is 2.39. The monoisotopic (exact) mass is 280 g/mol. The highest BCUT2D eigenvalue weighted by Gasteiger charge is 2.17. The highest BCUT2D eigenvalue weighted by Crippen LogP contribution is 2.02. The van der Waals surface area contributed by atoms with Gasteiger partial charge in [-0.05, 0) is 12.0 Å². The molecule has 0 spiro atoms. The summed E-state index contributed by atoms with van der Waals surface area (Å²) in [6.45, 7) is 0.129. The van der Waals surface area contributed by atoms with E-state index in [2.05, 4.69) is 5.32 Å². The molecule has 0 aromatic heterocycles. The molecule has 1 rings (SSSR count). The maximum Gasteiger partial charge on any atom is 0.306 e. The summed E-state index contributed by atoms with van der Waals surface area (Å²) in [5.74, 6) is -1.29. The number of nitrogens with one attached hydrogen (secondary N) is 1. The molecule has 0 radical (unpaired) electrons. The third-order valence-corrected chi connectivity index (χ3v) is 2.87. The van der Waals surface area contributed by atoms with Crippen LogP contribution in [0.4, 0.5) is 0 Å². The summed E-state index contributed by atoms with van der Waals surface area (Å²) in [6.07, 6.45) is -0.283. The minimum Gasteiger partial charge on any atom is -0.481 e. The Morgan fingerprint density at radius 2 is 2.00 bits per heavy atom. The van der Waals surface area contributed by atoms with Crippen LogP contribution < -0.4 is 11.1 Å². The van der Waals surface area contributed by atoms with Crippen LogP contribution in [0.5, 0.6) is 0 Å². The van der Waals surface area contributed by atoms with Crippen molar-refractivity contribution in [3.05, 3.63) is 35.9 Å². The van der Waals surface area contributed by atoms with Crippen molar-refractivity contribution in [1.82, 2.24) is 5.32 Å². The van der Waals surface area contributed by atoms with Crippen molar-refractivity contribution in [3.8, 4) is 0 Å². The Kier molecular flexibility index (Phi) is 6.69. The van der Waals surface area contributed by atoms with Gasteiger partial charge in [0.1, 0.15) is 0 Å². The Hall–Kier alpha value is -1.92. The van der Waals surface area contributed by atoms with Gasteiger partial charge in [0.05, 0.1) is 18.6 Å². The summed E-state index contributed by atoms with van der Waals surface area (Å²) in [6, 6.07) is 8.79. The minimum atomic E-state index is -0.973. The van der Waals surface area contributed by atoms with E-state index in [-0.39, 0.29) is 18.9 Å². The predicted molar refractivity (Wildman–Crippen MR) is 74.2 cm³/mol. The lowest BCUT2D eigenvalue weighted by Gasteiger charge is -2.16. The van der Waals surface area contributed by atoms with Crippen LogP contribution in [-0.2, 0) is 20.7 Å². The number of carbonyl (C=O) groups is 2. The molecule has 110 valence electrons. The molecular formula is C14H20N2O4. The lowest BCUT2D eigenvalue weighted by molar-refractivity contribution is -0.140. The Morgan fingerprint density at radius 1 is 1.35 bits per heavy atom. The van der Waals surface area contributed by atoms with Gasteiger partial charge >= 0.3 is 5.97 Å². The first-order valence-corrected chi connectivity index (χ1v) is 6.34. The van der Waals surface area contributed by atoms with Crippen LogP contribution in [0.15, 0.2) is 30.3 Å². The second-order valence-corrected chi connectivity index (χ2v) is 4.50. The summed E-state index contributed by atoms with van der Waals surface area (Å²) >= 11 is 0. The van der Waals surface area contributed by atoms with E-state index in [0.717, 1.165) is 5.56 Å². The maximum atomic E-state index is 11.8. The quantitative estimate of drug-likeness (QED) is 0.629. The van der Waals surface area contributed by atoms with Crippen molar-refractivity contribution >= 4 is 11.9 Å². The molecule has 1 aromatic carbocycles. The first-order valence-electron chi connectivity index (χ1n) is 6.34. The van der Waals surface area contributed by atoms with Crippen LogP contribution in [0.3, 0.4) is 0 Å². The van der Waals surface area contributed by atoms with Crippen molar-refractivity contribution in [3.63, 3.8) is 0 Å². The van der Waals surface area contributed by atoms with Crippen LogP contribution in [-0.4, -0.2) is 42.8 Å². The topological polar surface area (TPSA) is 102 Å². The van der Waals surface area contributed by atoms with E-state index < -0.39 is 18.1 Å². The van der Waals surface area contributed by atoms with Gasteiger partial charge in [0.15, 0.2) is 0 Å². The summed E-state index contributed by atoms with van der Waals surface area (Å²) in [4.78, 5) is 22.4. The van der Waals surface area contributed by atoms with Gasteiger partial charge in [-0.15, -0.1) is 0 Å². The van der Waals surface area contributed by atoms with Gasteiger partial charge in [0.2, 0.25) is 5.91 Å². The number of methoxy groups -OCH3 is 1. The van der Waals surface area contributed by atoms with E-state index in [9.17, 15) is 9.59 Å². The predicted octanol–water partition coefficient (Wildman–Crippen LogP) is 0.162. The number of benzene rings is 1. The highest BCUT2D eigenvalue weighted by atomic mass is 16.5. The SMILES string of the molecule is COC(CNC(=O)[C@H](N)Cc1ccccc1)CC(=O)O. The molecule has 0 fully saturated rings. The van der Waals surface area contributed by atoms with Gasteiger partial charge in [0, 0.05) is 13.7 Å². The number of rotatable bonds is 8. The summed E-state index contributed by atoms with van der Waals surface area (Å²) in [7, 11) is 1.41. The van der Waals surface area contributed by atoms with Crippen molar-refractivity contribution < 1.29 is 19.4 Å². The van der Waals surface area contributed by atoms with Crippen molar-refractivity contribution in [2.75, 3.05) is 13.7 Å². The van der Waals surface area contributed by atoms with Gasteiger partial charge in [0.25, 0.3) is 0 Å². The molecule has 0 saturated heterocycles. The molecule has 4 N–H and O–H groups in total. The van der Waals surface area contributed by atoms with E-state index in [1.54, 1.807) is 0 Å². The zero-order chi connectivity index (χ0) is 15.0. The number of aliphatic carboxylic acids is 1. The number of carbonyl (C=O) groups excluding carboxylic acids is 1. The molecule has 0 heterocycles. The number of ether oxygens (including phenoxy) is 1. The van der Waals surface area contributed by atoms with Crippen LogP contribution in [0, 0.1) is 0 Å². The van der Waals surface area contributed by atoms with Crippen molar-refractivity contribution in [2.24, 2.45) is 5.73 Å². The third-order valence-electron chi connectivity index (χ3n) is 2.87. The molecule has 6 nitrogen and oxygen atoms in total. The molecule has 0 aliphatic heterocycles. The standard InChI is InChI=1S/C14H20N2O4/c1-20-11(8-13(17)18)9-16-14(19)12(15)7-10-5-3-2-4-6-10/h2-6,11-12H,7-9,15H2,1H3,(H,16,19)(H,17,18)/t11?,12-/m1/s1. The first kappa shape index (κ1) is 16.1. The number of nitrogens with two attached hydrogens (primary N) is 1. The maximum absolute atomic E-state index is 11.8. The molecule has 0 aliphatic carbocycles. The Labute approximate surface area is 117 Å². The molecule has 2 atom stereocenters. The number of hydrogen-bond acceptors (Lipinski definition) is 4. The molecule has 0 bridgehead atoms. The van der Waals surface area contributed by atoms with Gasteiger partial charge in [-0.1, -0.05) is 30.3 Å². The van der Waals surface area contributed by atoms with Crippen molar-refractivity contribution in [2.45, 2.75) is 25.0 Å². The number of carboxylic acid groups (broad SMARTS) is 1. The third kappa shape index (κ3) is 5.81. The fraction of sp³-hybridized carbons (Fsp3) is 0.429. The van der Waals surface area contributed by atoms with E-state index >= 15 is 0 Å². The second-order valence-electron chi connectivity index (χ2n) is 4.50. The first-order chi connectivity index (χ1) is 9.52. The summed E-state index contributed by atoms with van der Waals surface area (Å²) in [5, 5.41) is 11.3. The smallest absolute Gasteiger partial charge is 0.306 e. The van der Waals surface area contributed by atoms with Gasteiger partial charge < -0.3 is 20.9 Å². The molecule has 6 heteroatoms. The number of carboxylic acids is 1. The lowest BCUT2D eigenvalue weighted by Crippen LogP contribution is -2.45. The molecule has 1 unspecified atom stereocenters. The zero-order valence-corrected chi connectivity index (χ0v) is 11.4. The summed E-state index contributed by atoms with van der Waals surface area (Å²) in [5.41, 5.74) is 6.78. The van der Waals surface area contributed by atoms with Crippen LogP contribution in [0.1, 0.15) is 12.0 Å². The molecule has 1 amide bonds. The van der Waals surface area contributed by atoms with Gasteiger partial charge in [-0.2, -0.15) is 0 Å². The largest absolute Gasteiger partial charge is 0.481 e. The van der Waals surface area contributed by atoms with Gasteiger partial charge in [-0.3, -0.25) is 9.59 Å². The van der Waals surface area contributed by atoms with E-state index in [4.69, 9.17) is 15.6 Å². The summed E-state index contributed by atoms with van der Waals surface area (Å²) < 4.78 is 4.97. The fourth-order valence-electron chi connectivity index (χ4n) is 1.74. The van der Waals surface area contributed by atoms with Crippen molar-refractivity contribution in [1.29, 1.82) is 0 Å². The Bertz CT molecular complexity index is 436. The zero-order valence-electron chi connectivity index (χ0n) is 11.4. The molecule has 20 heavy (non-hydrogen) atoms. The second kappa shape index (κ2) is 8.29. The minimum absolute atomic E-state index is 0.129. The molecule has 0 aliphatic rings. The van der Waals surface area contributed by atoms with Gasteiger partial charge in [-0.25, -0.2) is 0 Å². The number of amides is 1. The normalized spacial score (nSPS) is 13.5. The van der Waals surface area contributed by atoms with Crippen LogP contribution in [0.25, 0.3) is 0 Å². The average molecular weight is 280 g/mol. The molecule has 0 saturated carbocycles. The fourth-order valence-corrected chi connectivity index (χ4v) is 1.74. The van der Waals surface area contributed by atoms with E-state index in [1.807, 2.05) is 30.3 Å². The van der Waals surface area contributed by atoms with Crippen LogP contribution >= 0.6 is 0 Å². The van der Waals surface area contributed by atoms with E-state index in [1.165, 1.54) is 7.11 Å². The number of hydrogen-bond donors (Lipinski definition) is 3. The molecular weight excluding hydrogens is 260 g/mol. The average Bonchev–Trinajstić information content (AvgIpc) is 2.43.